The Morgan fingerprint density at radius 2 is 1.94 bits per heavy atom. The van der Waals surface area contributed by atoms with Gasteiger partial charge in [0.1, 0.15) is 0 Å². The first kappa shape index (κ1) is 12.4. The number of hydrogen-bond acceptors (Lipinski definition) is 4. The average Bonchev–Trinajstić information content (AvgIpc) is 2.87. The fourth-order valence-electron chi connectivity index (χ4n) is 3.38. The van der Waals surface area contributed by atoms with Crippen LogP contribution in [0.15, 0.2) is 0 Å². The van der Waals surface area contributed by atoms with Crippen LogP contribution < -0.4 is 5.32 Å². The van der Waals surface area contributed by atoms with Crippen LogP contribution in [0.5, 0.6) is 0 Å². The summed E-state index contributed by atoms with van der Waals surface area (Å²) in [5.74, 6) is 0.337. The third kappa shape index (κ3) is 2.68. The van der Waals surface area contributed by atoms with Crippen molar-refractivity contribution in [3.63, 3.8) is 0 Å². The standard InChI is InChI=1S/C13H24N4O/c18-13(11-15-6-3-14-4-7-15)17-9-8-16-5-1-2-12(16)10-17/h12,14H,1-11H2. The molecule has 0 aromatic heterocycles. The van der Waals surface area contributed by atoms with Crippen molar-refractivity contribution in [2.75, 3.05) is 58.9 Å². The summed E-state index contributed by atoms with van der Waals surface area (Å²) in [7, 11) is 0. The Morgan fingerprint density at radius 3 is 2.78 bits per heavy atom. The molecule has 3 aliphatic rings. The Morgan fingerprint density at radius 1 is 1.11 bits per heavy atom. The van der Waals surface area contributed by atoms with Crippen molar-refractivity contribution in [3.8, 4) is 0 Å². The van der Waals surface area contributed by atoms with Gasteiger partial charge in [0.15, 0.2) is 0 Å². The Kier molecular flexibility index (Phi) is 3.82. The number of piperazine rings is 2. The molecule has 1 N–H and O–H groups in total. The topological polar surface area (TPSA) is 38.8 Å². The van der Waals surface area contributed by atoms with Crippen LogP contribution in [0.25, 0.3) is 0 Å². The van der Waals surface area contributed by atoms with Crippen LogP contribution in [0, 0.1) is 0 Å². The van der Waals surface area contributed by atoms with Crippen LogP contribution in [-0.4, -0.2) is 85.6 Å². The Bertz CT molecular complexity index is 303. The molecule has 0 bridgehead atoms. The van der Waals surface area contributed by atoms with Crippen molar-refractivity contribution in [2.45, 2.75) is 18.9 Å². The van der Waals surface area contributed by atoms with E-state index in [0.29, 0.717) is 18.5 Å². The molecule has 18 heavy (non-hydrogen) atoms. The van der Waals surface area contributed by atoms with E-state index in [0.717, 1.165) is 45.8 Å². The SMILES string of the molecule is O=C(CN1CCNCC1)N1CCN2CCCC2C1. The van der Waals surface area contributed by atoms with E-state index in [1.165, 1.54) is 19.4 Å². The average molecular weight is 252 g/mol. The second-order valence-electron chi connectivity index (χ2n) is 5.70. The van der Waals surface area contributed by atoms with Crippen molar-refractivity contribution in [1.82, 2.24) is 20.0 Å². The summed E-state index contributed by atoms with van der Waals surface area (Å²) in [4.78, 5) is 19.2. The number of hydrogen-bond donors (Lipinski definition) is 1. The number of rotatable bonds is 2. The number of fused-ring (bicyclic) bond motifs is 1. The van der Waals surface area contributed by atoms with Gasteiger partial charge in [0.05, 0.1) is 6.54 Å². The van der Waals surface area contributed by atoms with Crippen molar-refractivity contribution < 1.29 is 4.79 Å². The van der Waals surface area contributed by atoms with Gasteiger partial charge in [0.25, 0.3) is 0 Å². The van der Waals surface area contributed by atoms with E-state index in [2.05, 4.69) is 20.0 Å². The summed E-state index contributed by atoms with van der Waals surface area (Å²) in [5.41, 5.74) is 0. The molecule has 3 rings (SSSR count). The molecule has 0 saturated carbocycles. The molecule has 1 amide bonds. The van der Waals surface area contributed by atoms with Gasteiger partial charge in [-0.25, -0.2) is 0 Å². The molecule has 1 atom stereocenters. The summed E-state index contributed by atoms with van der Waals surface area (Å²) in [5, 5.41) is 3.32. The first-order chi connectivity index (χ1) is 8.83. The maximum absolute atomic E-state index is 12.3. The molecule has 0 spiro atoms. The maximum atomic E-state index is 12.3. The largest absolute Gasteiger partial charge is 0.339 e. The molecule has 3 heterocycles. The molecule has 0 aliphatic carbocycles. The van der Waals surface area contributed by atoms with Crippen LogP contribution in [0.4, 0.5) is 0 Å². The maximum Gasteiger partial charge on any atom is 0.236 e. The van der Waals surface area contributed by atoms with Crippen molar-refractivity contribution >= 4 is 5.91 Å². The van der Waals surface area contributed by atoms with E-state index in [-0.39, 0.29) is 0 Å². The van der Waals surface area contributed by atoms with E-state index in [1.54, 1.807) is 0 Å². The predicted octanol–water partition coefficient (Wildman–Crippen LogP) is -0.802. The van der Waals surface area contributed by atoms with Crippen LogP contribution in [-0.2, 0) is 4.79 Å². The van der Waals surface area contributed by atoms with Gasteiger partial charge in [-0.3, -0.25) is 14.6 Å². The van der Waals surface area contributed by atoms with E-state index >= 15 is 0 Å². The third-order valence-corrected chi connectivity index (χ3v) is 4.51. The highest BCUT2D eigenvalue weighted by Crippen LogP contribution is 2.21. The Labute approximate surface area is 109 Å². The normalized spacial score (nSPS) is 30.4. The van der Waals surface area contributed by atoms with Crippen molar-refractivity contribution in [1.29, 1.82) is 0 Å². The molecule has 0 aromatic carbocycles. The minimum absolute atomic E-state index is 0.337. The lowest BCUT2D eigenvalue weighted by Gasteiger charge is -2.38. The molecule has 3 saturated heterocycles. The number of nitrogens with one attached hydrogen (secondary N) is 1. The molecule has 5 heteroatoms. The van der Waals surface area contributed by atoms with Crippen LogP contribution in [0.2, 0.25) is 0 Å². The fraction of sp³-hybridized carbons (Fsp3) is 0.923. The van der Waals surface area contributed by atoms with Crippen LogP contribution >= 0.6 is 0 Å². The highest BCUT2D eigenvalue weighted by molar-refractivity contribution is 5.78. The number of amides is 1. The van der Waals surface area contributed by atoms with E-state index in [9.17, 15) is 4.79 Å². The molecule has 3 aliphatic heterocycles. The first-order valence-corrected chi connectivity index (χ1v) is 7.28. The second-order valence-corrected chi connectivity index (χ2v) is 5.70. The van der Waals surface area contributed by atoms with Crippen molar-refractivity contribution in [3.05, 3.63) is 0 Å². The molecular formula is C13H24N4O. The lowest BCUT2D eigenvalue weighted by molar-refractivity contribution is -0.135. The van der Waals surface area contributed by atoms with Gasteiger partial charge in [-0.2, -0.15) is 0 Å². The lowest BCUT2D eigenvalue weighted by Crippen LogP contribution is -2.55. The molecular weight excluding hydrogens is 228 g/mol. The van der Waals surface area contributed by atoms with E-state index < -0.39 is 0 Å². The summed E-state index contributed by atoms with van der Waals surface area (Å²) in [6, 6.07) is 0.644. The minimum Gasteiger partial charge on any atom is -0.339 e. The van der Waals surface area contributed by atoms with Gasteiger partial charge < -0.3 is 10.2 Å². The zero-order valence-electron chi connectivity index (χ0n) is 11.1. The Hall–Kier alpha value is -0.650. The van der Waals surface area contributed by atoms with Gasteiger partial charge in [-0.05, 0) is 19.4 Å². The monoisotopic (exact) mass is 252 g/mol. The summed E-state index contributed by atoms with van der Waals surface area (Å²) >= 11 is 0. The van der Waals surface area contributed by atoms with Crippen LogP contribution in [0.3, 0.4) is 0 Å². The quantitative estimate of drug-likeness (QED) is 0.698. The van der Waals surface area contributed by atoms with E-state index in [4.69, 9.17) is 0 Å². The summed E-state index contributed by atoms with van der Waals surface area (Å²) in [6.07, 6.45) is 2.59. The molecule has 5 nitrogen and oxygen atoms in total. The Balaban J connectivity index is 1.49. The second kappa shape index (κ2) is 5.55. The molecule has 0 aromatic rings. The first-order valence-electron chi connectivity index (χ1n) is 7.28. The molecule has 102 valence electrons. The number of carbonyl (C=O) groups excluding carboxylic acids is 1. The predicted molar refractivity (Wildman–Crippen MR) is 70.5 cm³/mol. The number of nitrogens with zero attached hydrogens (tertiary/aromatic N) is 3. The summed E-state index contributed by atoms with van der Waals surface area (Å²) in [6.45, 7) is 8.89. The van der Waals surface area contributed by atoms with Crippen molar-refractivity contribution in [2.24, 2.45) is 0 Å². The molecule has 0 radical (unpaired) electrons. The van der Waals surface area contributed by atoms with Gasteiger partial charge in [-0.15, -0.1) is 0 Å². The van der Waals surface area contributed by atoms with Crippen LogP contribution in [0.1, 0.15) is 12.8 Å². The van der Waals surface area contributed by atoms with Gasteiger partial charge >= 0.3 is 0 Å². The number of carbonyl (C=O) groups is 1. The molecule has 1 unspecified atom stereocenters. The smallest absolute Gasteiger partial charge is 0.236 e. The van der Waals surface area contributed by atoms with Gasteiger partial charge in [0.2, 0.25) is 5.91 Å². The van der Waals surface area contributed by atoms with Gasteiger partial charge in [-0.1, -0.05) is 0 Å². The van der Waals surface area contributed by atoms with E-state index in [1.807, 2.05) is 0 Å². The molecule has 3 fully saturated rings. The van der Waals surface area contributed by atoms with Gasteiger partial charge in [0, 0.05) is 51.9 Å². The zero-order chi connectivity index (χ0) is 12.4. The highest BCUT2D eigenvalue weighted by Gasteiger charge is 2.32. The summed E-state index contributed by atoms with van der Waals surface area (Å²) < 4.78 is 0. The third-order valence-electron chi connectivity index (χ3n) is 4.51. The highest BCUT2D eigenvalue weighted by atomic mass is 16.2. The minimum atomic E-state index is 0.337. The zero-order valence-corrected chi connectivity index (χ0v) is 11.1. The fourth-order valence-corrected chi connectivity index (χ4v) is 3.38. The lowest BCUT2D eigenvalue weighted by atomic mass is 10.1.